The first-order chi connectivity index (χ1) is 12.0. The fourth-order valence-electron chi connectivity index (χ4n) is 2.55. The Kier molecular flexibility index (Phi) is 4.58. The highest BCUT2D eigenvalue weighted by Crippen LogP contribution is 2.20. The second kappa shape index (κ2) is 6.82. The van der Waals surface area contributed by atoms with Gasteiger partial charge in [0.1, 0.15) is 23.4 Å². The number of hydrogen-bond donors (Lipinski definition) is 3. The summed E-state index contributed by atoms with van der Waals surface area (Å²) in [5.41, 5.74) is -0.955. The van der Waals surface area contributed by atoms with E-state index in [9.17, 15) is 23.5 Å². The van der Waals surface area contributed by atoms with Gasteiger partial charge in [0.15, 0.2) is 0 Å². The number of carbonyl (C=O) groups excluding carboxylic acids is 1. The largest absolute Gasteiger partial charge is 0.386 e. The van der Waals surface area contributed by atoms with Crippen molar-refractivity contribution >= 4 is 16.7 Å². The van der Waals surface area contributed by atoms with Gasteiger partial charge in [-0.15, -0.1) is 0 Å². The minimum absolute atomic E-state index is 0.00935. The van der Waals surface area contributed by atoms with Crippen LogP contribution in [0.25, 0.3) is 10.8 Å². The Morgan fingerprint density at radius 1 is 1.12 bits per heavy atom. The molecule has 0 saturated carbocycles. The number of amides is 1. The van der Waals surface area contributed by atoms with E-state index in [1.807, 2.05) is 0 Å². The second-order valence-electron chi connectivity index (χ2n) is 5.46. The van der Waals surface area contributed by atoms with Crippen LogP contribution in [0.3, 0.4) is 0 Å². The average molecular weight is 344 g/mol. The molecule has 0 fully saturated rings. The van der Waals surface area contributed by atoms with Gasteiger partial charge in [0, 0.05) is 11.9 Å². The van der Waals surface area contributed by atoms with Crippen molar-refractivity contribution in [2.45, 2.75) is 6.10 Å². The summed E-state index contributed by atoms with van der Waals surface area (Å²) in [6.07, 6.45) is -1.56. The van der Waals surface area contributed by atoms with E-state index < -0.39 is 41.3 Å². The summed E-state index contributed by atoms with van der Waals surface area (Å²) in [4.78, 5) is 26.6. The van der Waals surface area contributed by atoms with Crippen molar-refractivity contribution in [1.29, 1.82) is 0 Å². The molecule has 128 valence electrons. The first-order valence-corrected chi connectivity index (χ1v) is 7.49. The summed E-state index contributed by atoms with van der Waals surface area (Å²) in [7, 11) is 0. The molecular weight excluding hydrogens is 330 g/mol. The Bertz CT molecular complexity index is 981. The van der Waals surface area contributed by atoms with Gasteiger partial charge in [-0.2, -0.15) is 0 Å². The van der Waals surface area contributed by atoms with Gasteiger partial charge in [-0.3, -0.25) is 9.59 Å². The van der Waals surface area contributed by atoms with Crippen LogP contribution in [0.1, 0.15) is 22.2 Å². The fraction of sp³-hybridized carbons (Fsp3) is 0.111. The topological polar surface area (TPSA) is 82.2 Å². The number of hydrogen-bond acceptors (Lipinski definition) is 3. The van der Waals surface area contributed by atoms with Crippen LogP contribution >= 0.6 is 0 Å². The van der Waals surface area contributed by atoms with Crippen LogP contribution in [0.15, 0.2) is 53.3 Å². The third-order valence-electron chi connectivity index (χ3n) is 3.79. The molecule has 0 saturated heterocycles. The molecule has 0 aliphatic rings. The predicted octanol–water partition coefficient (Wildman–Crippen LogP) is 2.27. The zero-order valence-electron chi connectivity index (χ0n) is 12.9. The maximum absolute atomic E-state index is 13.6. The molecule has 1 unspecified atom stereocenters. The number of pyridine rings is 1. The maximum atomic E-state index is 13.6. The normalized spacial score (nSPS) is 12.1. The average Bonchev–Trinajstić information content (AvgIpc) is 2.59. The van der Waals surface area contributed by atoms with Crippen molar-refractivity contribution in [3.05, 3.63) is 81.8 Å². The number of aromatic amines is 1. The number of rotatable bonds is 4. The summed E-state index contributed by atoms with van der Waals surface area (Å²) in [5.74, 6) is -2.47. The van der Waals surface area contributed by atoms with E-state index in [1.54, 1.807) is 24.3 Å². The maximum Gasteiger partial charge on any atom is 0.267 e. The van der Waals surface area contributed by atoms with Crippen LogP contribution in [0.4, 0.5) is 8.78 Å². The Hall–Kier alpha value is -3.06. The van der Waals surface area contributed by atoms with E-state index in [0.29, 0.717) is 10.8 Å². The standard InChI is InChI=1S/C18H14F2N2O3/c19-12-6-3-7-13(20)16(12)15(23)9-21-18(25)14-8-10-4-1-2-5-11(10)17(24)22-14/h1-8,15,23H,9H2,(H,21,25)(H,22,24). The summed E-state index contributed by atoms with van der Waals surface area (Å²) < 4.78 is 27.2. The van der Waals surface area contributed by atoms with Crippen LogP contribution in [0.5, 0.6) is 0 Å². The Morgan fingerprint density at radius 2 is 1.80 bits per heavy atom. The van der Waals surface area contributed by atoms with E-state index in [1.165, 1.54) is 12.1 Å². The predicted molar refractivity (Wildman–Crippen MR) is 88.2 cm³/mol. The lowest BCUT2D eigenvalue weighted by atomic mass is 10.1. The minimum atomic E-state index is -1.56. The van der Waals surface area contributed by atoms with Crippen molar-refractivity contribution in [3.63, 3.8) is 0 Å². The lowest BCUT2D eigenvalue weighted by Gasteiger charge is -2.14. The van der Waals surface area contributed by atoms with E-state index in [0.717, 1.165) is 12.1 Å². The molecular formula is C18H14F2N2O3. The van der Waals surface area contributed by atoms with Gasteiger partial charge in [-0.05, 0) is 29.7 Å². The smallest absolute Gasteiger partial charge is 0.267 e. The quantitative estimate of drug-likeness (QED) is 0.679. The van der Waals surface area contributed by atoms with Crippen LogP contribution in [0.2, 0.25) is 0 Å². The Morgan fingerprint density at radius 3 is 2.52 bits per heavy atom. The molecule has 0 radical (unpaired) electrons. The number of benzene rings is 2. The van der Waals surface area contributed by atoms with E-state index in [4.69, 9.17) is 0 Å². The number of carbonyl (C=O) groups is 1. The molecule has 2 aromatic carbocycles. The van der Waals surface area contributed by atoms with E-state index in [-0.39, 0.29) is 5.69 Å². The first kappa shape index (κ1) is 16.8. The van der Waals surface area contributed by atoms with Gasteiger partial charge < -0.3 is 15.4 Å². The van der Waals surface area contributed by atoms with Crippen molar-refractivity contribution < 1.29 is 18.7 Å². The molecule has 3 aromatic rings. The van der Waals surface area contributed by atoms with E-state index in [2.05, 4.69) is 10.3 Å². The highest BCUT2D eigenvalue weighted by atomic mass is 19.1. The van der Waals surface area contributed by atoms with Crippen molar-refractivity contribution in [2.75, 3.05) is 6.54 Å². The van der Waals surface area contributed by atoms with Gasteiger partial charge in [0.25, 0.3) is 11.5 Å². The molecule has 5 nitrogen and oxygen atoms in total. The third kappa shape index (κ3) is 3.41. The molecule has 0 spiro atoms. The van der Waals surface area contributed by atoms with Crippen molar-refractivity contribution in [2.24, 2.45) is 0 Å². The summed E-state index contributed by atoms with van der Waals surface area (Å²) >= 11 is 0. The summed E-state index contributed by atoms with van der Waals surface area (Å²) in [5, 5.41) is 13.3. The van der Waals surface area contributed by atoms with Gasteiger partial charge in [-0.25, -0.2) is 8.78 Å². The lowest BCUT2D eigenvalue weighted by Crippen LogP contribution is -2.31. The fourth-order valence-corrected chi connectivity index (χ4v) is 2.55. The number of fused-ring (bicyclic) bond motifs is 1. The molecule has 0 bridgehead atoms. The molecule has 0 aliphatic heterocycles. The van der Waals surface area contributed by atoms with Crippen LogP contribution in [-0.2, 0) is 0 Å². The zero-order chi connectivity index (χ0) is 18.0. The number of halogens is 2. The van der Waals surface area contributed by atoms with Gasteiger partial charge in [0.05, 0.1) is 5.56 Å². The number of aliphatic hydroxyl groups is 1. The molecule has 25 heavy (non-hydrogen) atoms. The minimum Gasteiger partial charge on any atom is -0.386 e. The zero-order valence-corrected chi connectivity index (χ0v) is 12.9. The first-order valence-electron chi connectivity index (χ1n) is 7.49. The van der Waals surface area contributed by atoms with Crippen molar-refractivity contribution in [3.8, 4) is 0 Å². The number of nitrogens with one attached hydrogen (secondary N) is 2. The lowest BCUT2D eigenvalue weighted by molar-refractivity contribution is 0.0906. The highest BCUT2D eigenvalue weighted by molar-refractivity contribution is 5.96. The monoisotopic (exact) mass is 344 g/mol. The molecule has 0 aliphatic carbocycles. The van der Waals surface area contributed by atoms with Gasteiger partial charge >= 0.3 is 0 Å². The molecule has 1 amide bonds. The van der Waals surface area contributed by atoms with Gasteiger partial charge in [-0.1, -0.05) is 24.3 Å². The molecule has 3 N–H and O–H groups in total. The van der Waals surface area contributed by atoms with Crippen LogP contribution in [-0.4, -0.2) is 22.5 Å². The van der Waals surface area contributed by atoms with Gasteiger partial charge in [0.2, 0.25) is 0 Å². The Balaban J connectivity index is 1.78. The molecule has 1 heterocycles. The number of aliphatic hydroxyl groups excluding tert-OH is 1. The molecule has 7 heteroatoms. The number of aromatic nitrogens is 1. The Labute approximate surface area is 140 Å². The second-order valence-corrected chi connectivity index (χ2v) is 5.46. The van der Waals surface area contributed by atoms with Crippen LogP contribution < -0.4 is 10.9 Å². The number of H-pyrrole nitrogens is 1. The summed E-state index contributed by atoms with van der Waals surface area (Å²) in [6.45, 7) is -0.411. The molecule has 1 aromatic heterocycles. The van der Waals surface area contributed by atoms with Crippen LogP contribution in [0, 0.1) is 11.6 Å². The van der Waals surface area contributed by atoms with E-state index >= 15 is 0 Å². The molecule has 3 rings (SSSR count). The summed E-state index contributed by atoms with van der Waals surface area (Å²) in [6, 6.07) is 11.5. The highest BCUT2D eigenvalue weighted by Gasteiger charge is 2.19. The molecule has 1 atom stereocenters. The third-order valence-corrected chi connectivity index (χ3v) is 3.79. The SMILES string of the molecule is O=C(NCC(O)c1c(F)cccc1F)c1cc2ccccc2c(=O)[nH]1. The van der Waals surface area contributed by atoms with Crippen molar-refractivity contribution in [1.82, 2.24) is 10.3 Å².